The third kappa shape index (κ3) is 3.12. The summed E-state index contributed by atoms with van der Waals surface area (Å²) in [5, 5.41) is 0. The van der Waals surface area contributed by atoms with Gasteiger partial charge in [0.2, 0.25) is 0 Å². The first-order valence-corrected chi connectivity index (χ1v) is 3.72. The number of carbonyl (C=O) groups excluding carboxylic acids is 1. The molecule has 0 atom stereocenters. The molecule has 1 rings (SSSR count). The Bertz CT molecular complexity index is 364. The molecule has 0 bridgehead atoms. The lowest BCUT2D eigenvalue weighted by Gasteiger charge is -2.10. The molecule has 0 spiro atoms. The van der Waals surface area contributed by atoms with Crippen LogP contribution in [0.5, 0.6) is 5.75 Å². The van der Waals surface area contributed by atoms with Crippen LogP contribution in [-0.4, -0.2) is 24.4 Å². The van der Waals surface area contributed by atoms with Crippen molar-refractivity contribution >= 4 is 5.97 Å². The zero-order valence-electron chi connectivity index (χ0n) is 7.54. The molecule has 0 N–H and O–H groups in total. The van der Waals surface area contributed by atoms with Gasteiger partial charge < -0.3 is 9.47 Å². The summed E-state index contributed by atoms with van der Waals surface area (Å²) in [7, 11) is 1.06. The average Bonchev–Trinajstić information content (AvgIpc) is 2.15. The Labute approximate surface area is 82.6 Å². The molecule has 0 saturated carbocycles. The van der Waals surface area contributed by atoms with Gasteiger partial charge in [-0.25, -0.2) is 4.79 Å². The number of aromatic nitrogens is 1. The van der Waals surface area contributed by atoms with Crippen molar-refractivity contribution in [1.82, 2.24) is 4.98 Å². The van der Waals surface area contributed by atoms with Crippen molar-refractivity contribution in [1.29, 1.82) is 0 Å². The second kappa shape index (κ2) is 4.16. The van der Waals surface area contributed by atoms with E-state index >= 15 is 0 Å². The van der Waals surface area contributed by atoms with Gasteiger partial charge in [-0.1, -0.05) is 0 Å². The molecular formula is C8H6F3NO3. The third-order valence-corrected chi connectivity index (χ3v) is 1.42. The van der Waals surface area contributed by atoms with Gasteiger partial charge >= 0.3 is 12.3 Å². The minimum Gasteiger partial charge on any atom is -0.465 e. The van der Waals surface area contributed by atoms with E-state index in [1.807, 2.05) is 0 Å². The first kappa shape index (κ1) is 11.3. The molecule has 1 heterocycles. The summed E-state index contributed by atoms with van der Waals surface area (Å²) >= 11 is 0. The molecule has 15 heavy (non-hydrogen) atoms. The van der Waals surface area contributed by atoms with Crippen molar-refractivity contribution < 1.29 is 27.4 Å². The molecule has 0 aromatic carbocycles. The van der Waals surface area contributed by atoms with Gasteiger partial charge in [0.1, 0.15) is 5.56 Å². The fraction of sp³-hybridized carbons (Fsp3) is 0.250. The van der Waals surface area contributed by atoms with Gasteiger partial charge in [0, 0.05) is 6.20 Å². The summed E-state index contributed by atoms with van der Waals surface area (Å²) in [6.07, 6.45) is -2.92. The maximum Gasteiger partial charge on any atom is 0.573 e. The number of carbonyl (C=O) groups is 1. The molecular weight excluding hydrogens is 215 g/mol. The van der Waals surface area contributed by atoms with Crippen molar-refractivity contribution in [2.24, 2.45) is 0 Å². The SMILES string of the molecule is COC(=O)c1ccncc1OC(F)(F)F. The third-order valence-electron chi connectivity index (χ3n) is 1.42. The summed E-state index contributed by atoms with van der Waals surface area (Å²) in [6, 6.07) is 1.08. The van der Waals surface area contributed by atoms with Crippen LogP contribution in [0.15, 0.2) is 18.5 Å². The van der Waals surface area contributed by atoms with Crippen LogP contribution < -0.4 is 4.74 Å². The van der Waals surface area contributed by atoms with Crippen molar-refractivity contribution in [2.75, 3.05) is 7.11 Å². The van der Waals surface area contributed by atoms with Crippen molar-refractivity contribution in [3.05, 3.63) is 24.0 Å². The summed E-state index contributed by atoms with van der Waals surface area (Å²) < 4.78 is 43.5. The van der Waals surface area contributed by atoms with E-state index in [1.54, 1.807) is 0 Å². The molecule has 0 amide bonds. The van der Waals surface area contributed by atoms with Gasteiger partial charge in [-0.2, -0.15) is 0 Å². The predicted octanol–water partition coefficient (Wildman–Crippen LogP) is 1.77. The zero-order valence-corrected chi connectivity index (χ0v) is 7.54. The highest BCUT2D eigenvalue weighted by Crippen LogP contribution is 2.25. The van der Waals surface area contributed by atoms with E-state index in [-0.39, 0.29) is 5.56 Å². The van der Waals surface area contributed by atoms with Crippen LogP contribution in [0.1, 0.15) is 10.4 Å². The summed E-state index contributed by atoms with van der Waals surface area (Å²) in [6.45, 7) is 0. The topological polar surface area (TPSA) is 48.4 Å². The molecule has 0 aliphatic carbocycles. The minimum atomic E-state index is -4.87. The van der Waals surface area contributed by atoms with Gasteiger partial charge in [-0.05, 0) is 6.07 Å². The van der Waals surface area contributed by atoms with Crippen molar-refractivity contribution in [3.63, 3.8) is 0 Å². The van der Waals surface area contributed by atoms with Gasteiger partial charge in [0.15, 0.2) is 5.75 Å². The van der Waals surface area contributed by atoms with Crippen LogP contribution in [0.3, 0.4) is 0 Å². The first-order chi connectivity index (χ1) is 6.94. The number of methoxy groups -OCH3 is 1. The first-order valence-electron chi connectivity index (χ1n) is 3.72. The Hall–Kier alpha value is -1.79. The Kier molecular flexibility index (Phi) is 3.13. The molecule has 0 aliphatic heterocycles. The molecule has 0 saturated heterocycles. The van der Waals surface area contributed by atoms with E-state index < -0.39 is 18.1 Å². The lowest BCUT2D eigenvalue weighted by molar-refractivity contribution is -0.274. The van der Waals surface area contributed by atoms with Crippen LogP contribution in [-0.2, 0) is 4.74 Å². The molecule has 4 nitrogen and oxygen atoms in total. The smallest absolute Gasteiger partial charge is 0.465 e. The number of hydrogen-bond donors (Lipinski definition) is 0. The second-order valence-electron chi connectivity index (χ2n) is 2.41. The van der Waals surface area contributed by atoms with Crippen molar-refractivity contribution in [3.8, 4) is 5.75 Å². The van der Waals surface area contributed by atoms with Gasteiger partial charge in [0.05, 0.1) is 13.3 Å². The number of hydrogen-bond acceptors (Lipinski definition) is 4. The van der Waals surface area contributed by atoms with E-state index in [0.29, 0.717) is 0 Å². The predicted molar refractivity (Wildman–Crippen MR) is 42.3 cm³/mol. The highest BCUT2D eigenvalue weighted by atomic mass is 19.4. The molecule has 0 aliphatic rings. The number of nitrogens with zero attached hydrogens (tertiary/aromatic N) is 1. The number of esters is 1. The standard InChI is InChI=1S/C8H6F3NO3/c1-14-7(13)5-2-3-12-4-6(5)15-8(9,10)11/h2-4H,1H3. The van der Waals surface area contributed by atoms with Crippen LogP contribution in [0.4, 0.5) is 13.2 Å². The average molecular weight is 221 g/mol. The molecule has 82 valence electrons. The van der Waals surface area contributed by atoms with Crippen LogP contribution in [0.2, 0.25) is 0 Å². The Morgan fingerprint density at radius 1 is 1.47 bits per heavy atom. The van der Waals surface area contributed by atoms with Crippen molar-refractivity contribution in [2.45, 2.75) is 6.36 Å². The molecule has 1 aromatic rings. The van der Waals surface area contributed by atoms with E-state index in [0.717, 1.165) is 25.6 Å². The van der Waals surface area contributed by atoms with Crippen LogP contribution in [0, 0.1) is 0 Å². The maximum absolute atomic E-state index is 11.9. The highest BCUT2D eigenvalue weighted by Gasteiger charge is 2.33. The quantitative estimate of drug-likeness (QED) is 0.714. The maximum atomic E-state index is 11.9. The summed E-state index contributed by atoms with van der Waals surface area (Å²) in [4.78, 5) is 14.4. The van der Waals surface area contributed by atoms with Gasteiger partial charge in [-0.3, -0.25) is 4.98 Å². The Morgan fingerprint density at radius 3 is 2.67 bits per heavy atom. The Morgan fingerprint density at radius 2 is 2.13 bits per heavy atom. The number of halogens is 3. The zero-order chi connectivity index (χ0) is 11.5. The molecule has 0 fully saturated rings. The van der Waals surface area contributed by atoms with Crippen LogP contribution >= 0.6 is 0 Å². The summed E-state index contributed by atoms with van der Waals surface area (Å²) in [5.41, 5.74) is -0.329. The van der Waals surface area contributed by atoms with E-state index in [1.165, 1.54) is 0 Å². The monoisotopic (exact) mass is 221 g/mol. The number of pyridine rings is 1. The number of alkyl halides is 3. The Balaban J connectivity index is 3.02. The van der Waals surface area contributed by atoms with Gasteiger partial charge in [-0.15, -0.1) is 13.2 Å². The lowest BCUT2D eigenvalue weighted by atomic mass is 10.2. The van der Waals surface area contributed by atoms with E-state index in [2.05, 4.69) is 14.5 Å². The fourth-order valence-corrected chi connectivity index (χ4v) is 0.865. The molecule has 7 heteroatoms. The van der Waals surface area contributed by atoms with E-state index in [9.17, 15) is 18.0 Å². The lowest BCUT2D eigenvalue weighted by Crippen LogP contribution is -2.19. The molecule has 0 radical (unpaired) electrons. The van der Waals surface area contributed by atoms with E-state index in [4.69, 9.17) is 0 Å². The summed E-state index contributed by atoms with van der Waals surface area (Å²) in [5.74, 6) is -1.60. The van der Waals surface area contributed by atoms with Crippen LogP contribution in [0.25, 0.3) is 0 Å². The normalized spacial score (nSPS) is 10.9. The molecule has 1 aromatic heterocycles. The number of ether oxygens (including phenoxy) is 2. The second-order valence-corrected chi connectivity index (χ2v) is 2.41. The largest absolute Gasteiger partial charge is 0.573 e. The van der Waals surface area contributed by atoms with Gasteiger partial charge in [0.25, 0.3) is 0 Å². The molecule has 0 unspecified atom stereocenters. The minimum absolute atomic E-state index is 0.329. The highest BCUT2D eigenvalue weighted by molar-refractivity contribution is 5.92. The fourth-order valence-electron chi connectivity index (χ4n) is 0.865. The number of rotatable bonds is 2.